The van der Waals surface area contributed by atoms with Gasteiger partial charge in [0, 0.05) is 25.0 Å². The van der Waals surface area contributed by atoms with E-state index in [2.05, 4.69) is 22.8 Å². The molecule has 2 aliphatic rings. The molecular formula is C37H51N5O8. The van der Waals surface area contributed by atoms with Crippen LogP contribution in [0.4, 0.5) is 14.4 Å². The third kappa shape index (κ3) is 10.7. The Morgan fingerprint density at radius 3 is 2.10 bits per heavy atom. The Bertz CT molecular complexity index is 1500. The summed E-state index contributed by atoms with van der Waals surface area (Å²) in [4.78, 5) is 53.5. The summed E-state index contributed by atoms with van der Waals surface area (Å²) < 4.78 is 16.5. The van der Waals surface area contributed by atoms with Crippen LogP contribution < -0.4 is 10.6 Å². The van der Waals surface area contributed by atoms with E-state index in [9.17, 15) is 24.3 Å². The number of hydrogen-bond donors (Lipinski definition) is 4. The SMILES string of the molecule is CC(C)(C)OC(=O)NC(=N)N(CCCC[C@@H](CN1CCC[C@H]1C(=O)O)NC(=O)OCC1c2ccccc2-c2ccccc21)C(=O)OC(C)(C)C. The molecule has 1 heterocycles. The van der Waals surface area contributed by atoms with E-state index in [4.69, 9.17) is 19.6 Å². The van der Waals surface area contributed by atoms with Gasteiger partial charge in [0.05, 0.1) is 0 Å². The highest BCUT2D eigenvalue weighted by Crippen LogP contribution is 2.44. The van der Waals surface area contributed by atoms with Gasteiger partial charge in [-0.25, -0.2) is 19.3 Å². The molecule has 0 saturated carbocycles. The van der Waals surface area contributed by atoms with Crippen molar-refractivity contribution in [2.45, 2.75) is 103 Å². The second-order valence-electron chi connectivity index (χ2n) is 14.8. The fourth-order valence-corrected chi connectivity index (χ4v) is 6.36. The smallest absolute Gasteiger partial charge is 0.417 e. The second-order valence-corrected chi connectivity index (χ2v) is 14.8. The number of guanidine groups is 1. The zero-order valence-electron chi connectivity index (χ0n) is 29.9. The molecule has 0 spiro atoms. The number of benzene rings is 2. The standard InChI is InChI=1S/C37H51N5O8/c1-36(2,3)49-34(46)40-32(38)42(35(47)50-37(4,5)6)21-12-11-14-24(22-41-20-13-19-30(41)31(43)44)39-33(45)48-23-29-27-17-9-7-15-25(27)26-16-8-10-18-28(26)29/h7-10,15-18,24,29-30H,11-14,19-23H2,1-6H3,(H,39,45)(H,43,44)(H2,38,40,46)/t24-,30-/m0/s1. The number of carbonyl (C=O) groups is 4. The third-order valence-corrected chi connectivity index (χ3v) is 8.46. The number of carboxylic acids is 1. The molecule has 3 amide bonds. The summed E-state index contributed by atoms with van der Waals surface area (Å²) in [6, 6.07) is 15.1. The molecular weight excluding hydrogens is 642 g/mol. The average Bonchev–Trinajstić information content (AvgIpc) is 3.60. The van der Waals surface area contributed by atoms with Crippen LogP contribution in [-0.2, 0) is 19.0 Å². The number of alkyl carbamates (subject to hydrolysis) is 2. The Labute approximate surface area is 294 Å². The molecule has 0 bridgehead atoms. The number of amides is 3. The first-order valence-corrected chi connectivity index (χ1v) is 17.2. The minimum absolute atomic E-state index is 0.0443. The van der Waals surface area contributed by atoms with Crippen LogP contribution in [-0.4, -0.2) is 94.6 Å². The van der Waals surface area contributed by atoms with Gasteiger partial charge in [0.15, 0.2) is 0 Å². The van der Waals surface area contributed by atoms with E-state index >= 15 is 0 Å². The molecule has 0 unspecified atom stereocenters. The Morgan fingerprint density at radius 2 is 1.52 bits per heavy atom. The predicted molar refractivity (Wildman–Crippen MR) is 188 cm³/mol. The van der Waals surface area contributed by atoms with Crippen LogP contribution in [0.2, 0.25) is 0 Å². The van der Waals surface area contributed by atoms with Crippen LogP contribution in [0.5, 0.6) is 0 Å². The van der Waals surface area contributed by atoms with Crippen molar-refractivity contribution in [3.63, 3.8) is 0 Å². The number of fused-ring (bicyclic) bond motifs is 3. The number of ether oxygens (including phenoxy) is 3. The summed E-state index contributed by atoms with van der Waals surface area (Å²) in [6.07, 6.45) is 0.345. The minimum Gasteiger partial charge on any atom is -0.480 e. The van der Waals surface area contributed by atoms with Crippen LogP contribution in [0.15, 0.2) is 48.5 Å². The summed E-state index contributed by atoms with van der Waals surface area (Å²) in [5, 5.41) is 23.5. The quantitative estimate of drug-likeness (QED) is 0.0912. The van der Waals surface area contributed by atoms with Crippen LogP contribution in [0, 0.1) is 5.41 Å². The van der Waals surface area contributed by atoms with E-state index in [1.165, 1.54) is 0 Å². The van der Waals surface area contributed by atoms with Crippen molar-refractivity contribution in [2.75, 3.05) is 26.2 Å². The summed E-state index contributed by atoms with van der Waals surface area (Å²) in [6.45, 7) is 11.3. The fourth-order valence-electron chi connectivity index (χ4n) is 6.36. The van der Waals surface area contributed by atoms with Crippen LogP contribution in [0.3, 0.4) is 0 Å². The predicted octanol–water partition coefficient (Wildman–Crippen LogP) is 6.31. The molecule has 13 nitrogen and oxygen atoms in total. The first-order valence-electron chi connectivity index (χ1n) is 17.2. The van der Waals surface area contributed by atoms with Gasteiger partial charge in [-0.3, -0.25) is 20.4 Å². The topological polar surface area (TPSA) is 171 Å². The molecule has 1 saturated heterocycles. The fraction of sp³-hybridized carbons (Fsp3) is 0.541. The summed E-state index contributed by atoms with van der Waals surface area (Å²) in [5.74, 6) is -1.49. The molecule has 1 fully saturated rings. The molecule has 0 radical (unpaired) electrons. The largest absolute Gasteiger partial charge is 0.480 e. The number of aliphatic carboxylic acids is 1. The van der Waals surface area contributed by atoms with Crippen molar-refractivity contribution in [1.82, 2.24) is 20.4 Å². The number of carbonyl (C=O) groups excluding carboxylic acids is 3. The van der Waals surface area contributed by atoms with Crippen molar-refractivity contribution in [1.29, 1.82) is 5.41 Å². The molecule has 13 heteroatoms. The summed E-state index contributed by atoms with van der Waals surface area (Å²) >= 11 is 0. The van der Waals surface area contributed by atoms with Crippen LogP contribution in [0.1, 0.15) is 90.7 Å². The maximum absolute atomic E-state index is 13.3. The molecule has 50 heavy (non-hydrogen) atoms. The number of likely N-dealkylation sites (tertiary alicyclic amines) is 1. The lowest BCUT2D eigenvalue weighted by molar-refractivity contribution is -0.142. The zero-order chi connectivity index (χ0) is 36.6. The minimum atomic E-state index is -0.897. The highest BCUT2D eigenvalue weighted by Gasteiger charge is 2.34. The number of carboxylic acid groups (broad SMARTS) is 1. The van der Waals surface area contributed by atoms with Crippen LogP contribution >= 0.6 is 0 Å². The Morgan fingerprint density at radius 1 is 0.920 bits per heavy atom. The summed E-state index contributed by atoms with van der Waals surface area (Å²) in [5.41, 5.74) is 2.81. The Balaban J connectivity index is 1.40. The van der Waals surface area contributed by atoms with E-state index in [1.54, 1.807) is 41.5 Å². The molecule has 1 aliphatic carbocycles. The molecule has 0 aromatic heterocycles. The summed E-state index contributed by atoms with van der Waals surface area (Å²) in [7, 11) is 0. The molecule has 272 valence electrons. The first kappa shape index (κ1) is 38.2. The van der Waals surface area contributed by atoms with Gasteiger partial charge in [-0.15, -0.1) is 0 Å². The molecule has 1 aliphatic heterocycles. The van der Waals surface area contributed by atoms with Crippen molar-refractivity contribution >= 4 is 30.2 Å². The maximum atomic E-state index is 13.3. The molecule has 2 aromatic carbocycles. The van der Waals surface area contributed by atoms with Crippen LogP contribution in [0.25, 0.3) is 11.1 Å². The number of unbranched alkanes of at least 4 members (excludes halogenated alkanes) is 1. The van der Waals surface area contributed by atoms with Crippen molar-refractivity contribution in [3.05, 3.63) is 59.7 Å². The number of rotatable bonds is 11. The van der Waals surface area contributed by atoms with Gasteiger partial charge in [-0.1, -0.05) is 48.5 Å². The Kier molecular flexibility index (Phi) is 12.5. The van der Waals surface area contributed by atoms with E-state index < -0.39 is 53.5 Å². The van der Waals surface area contributed by atoms with Crippen molar-refractivity contribution < 1.29 is 38.5 Å². The highest BCUT2D eigenvalue weighted by molar-refractivity contribution is 5.99. The lowest BCUT2D eigenvalue weighted by atomic mass is 9.98. The number of nitrogens with zero attached hydrogens (tertiary/aromatic N) is 2. The van der Waals surface area contributed by atoms with E-state index in [0.717, 1.165) is 33.6 Å². The van der Waals surface area contributed by atoms with E-state index in [-0.39, 0.29) is 19.1 Å². The monoisotopic (exact) mass is 693 g/mol. The lowest BCUT2D eigenvalue weighted by Crippen LogP contribution is -2.50. The second kappa shape index (κ2) is 16.4. The third-order valence-electron chi connectivity index (χ3n) is 8.46. The zero-order valence-corrected chi connectivity index (χ0v) is 29.9. The maximum Gasteiger partial charge on any atom is 0.417 e. The van der Waals surface area contributed by atoms with Gasteiger partial charge in [0.25, 0.3) is 0 Å². The van der Waals surface area contributed by atoms with Gasteiger partial charge in [0.1, 0.15) is 23.9 Å². The molecule has 2 aromatic rings. The highest BCUT2D eigenvalue weighted by atomic mass is 16.6. The van der Waals surface area contributed by atoms with Crippen molar-refractivity contribution in [3.8, 4) is 11.1 Å². The van der Waals surface area contributed by atoms with E-state index in [0.29, 0.717) is 38.8 Å². The Hall–Kier alpha value is -4.65. The van der Waals surface area contributed by atoms with E-state index in [1.807, 2.05) is 41.3 Å². The molecule has 2 atom stereocenters. The van der Waals surface area contributed by atoms with Crippen molar-refractivity contribution in [2.24, 2.45) is 0 Å². The molecule has 4 rings (SSSR count). The number of nitrogens with one attached hydrogen (secondary N) is 3. The van der Waals surface area contributed by atoms with Gasteiger partial charge in [-0.05, 0) is 102 Å². The lowest BCUT2D eigenvalue weighted by Gasteiger charge is -2.29. The average molecular weight is 694 g/mol. The number of hydrogen-bond acceptors (Lipinski definition) is 9. The van der Waals surface area contributed by atoms with Gasteiger partial charge in [0.2, 0.25) is 5.96 Å². The van der Waals surface area contributed by atoms with Gasteiger partial charge < -0.3 is 24.6 Å². The normalized spacial score (nSPS) is 16.5. The van der Waals surface area contributed by atoms with Gasteiger partial charge in [-0.2, -0.15) is 0 Å². The molecule has 4 N–H and O–H groups in total. The first-order chi connectivity index (χ1) is 23.5. The van der Waals surface area contributed by atoms with Gasteiger partial charge >= 0.3 is 24.2 Å².